The van der Waals surface area contributed by atoms with Gasteiger partial charge in [-0.25, -0.2) is 4.98 Å². The van der Waals surface area contributed by atoms with Gasteiger partial charge >= 0.3 is 0 Å². The Kier molecular flexibility index (Phi) is 2.61. The van der Waals surface area contributed by atoms with Crippen LogP contribution in [0.15, 0.2) is 57.7 Å². The number of hydrogen-bond donors (Lipinski definition) is 0. The van der Waals surface area contributed by atoms with Crippen LogP contribution < -0.4 is 0 Å². The lowest BCUT2D eigenvalue weighted by Gasteiger charge is -2.10. The summed E-state index contributed by atoms with van der Waals surface area (Å²) in [4.78, 5) is 4.28. The Morgan fingerprint density at radius 1 is 1.00 bits per heavy atom. The van der Waals surface area contributed by atoms with Crippen molar-refractivity contribution in [1.29, 1.82) is 0 Å². The van der Waals surface area contributed by atoms with Gasteiger partial charge in [0.1, 0.15) is 17.4 Å². The van der Waals surface area contributed by atoms with Gasteiger partial charge in [-0.05, 0) is 29.7 Å². The first-order valence-electron chi connectivity index (χ1n) is 7.09. The average molecular weight is 277 g/mol. The summed E-state index contributed by atoms with van der Waals surface area (Å²) in [5.41, 5.74) is 4.00. The molecule has 0 saturated carbocycles. The molecule has 0 aliphatic heterocycles. The fraction of sp³-hybridized carbons (Fsp3) is 0.167. The maximum atomic E-state index is 5.96. The minimum absolute atomic E-state index is 0.380. The van der Waals surface area contributed by atoms with Crippen molar-refractivity contribution in [2.75, 3.05) is 0 Å². The fourth-order valence-corrected chi connectivity index (χ4v) is 2.81. The summed E-state index contributed by atoms with van der Waals surface area (Å²) in [6.07, 6.45) is 3.27. The molecule has 3 heteroatoms. The molecule has 0 aliphatic rings. The lowest BCUT2D eigenvalue weighted by atomic mass is 9.95. The number of aromatic nitrogens is 1. The first kappa shape index (κ1) is 12.2. The van der Waals surface area contributed by atoms with Gasteiger partial charge in [0.2, 0.25) is 5.89 Å². The van der Waals surface area contributed by atoms with E-state index in [1.165, 1.54) is 5.56 Å². The predicted octanol–water partition coefficient (Wildman–Crippen LogP) is 5.36. The van der Waals surface area contributed by atoms with Crippen molar-refractivity contribution in [3.63, 3.8) is 0 Å². The minimum Gasteiger partial charge on any atom is -0.456 e. The van der Waals surface area contributed by atoms with E-state index < -0.39 is 0 Å². The third-order valence-corrected chi connectivity index (χ3v) is 3.83. The molecule has 4 rings (SSSR count). The van der Waals surface area contributed by atoms with Crippen LogP contribution in [0.5, 0.6) is 0 Å². The number of para-hydroxylation sites is 1. The Morgan fingerprint density at radius 2 is 1.86 bits per heavy atom. The molecule has 0 bridgehead atoms. The Hall–Kier alpha value is -2.55. The van der Waals surface area contributed by atoms with Crippen molar-refractivity contribution < 1.29 is 8.83 Å². The van der Waals surface area contributed by atoms with Crippen LogP contribution in [-0.2, 0) is 0 Å². The molecular weight excluding hydrogens is 262 g/mol. The minimum atomic E-state index is 0.380. The molecule has 104 valence electrons. The van der Waals surface area contributed by atoms with Crippen LogP contribution in [-0.4, -0.2) is 4.98 Å². The van der Waals surface area contributed by atoms with Crippen molar-refractivity contribution in [3.05, 3.63) is 54.4 Å². The second-order valence-corrected chi connectivity index (χ2v) is 5.53. The molecule has 0 fully saturated rings. The number of hydrogen-bond acceptors (Lipinski definition) is 3. The molecule has 0 unspecified atom stereocenters. The van der Waals surface area contributed by atoms with Gasteiger partial charge in [-0.3, -0.25) is 0 Å². The van der Waals surface area contributed by atoms with E-state index in [9.17, 15) is 0 Å². The smallest absolute Gasteiger partial charge is 0.226 e. The highest BCUT2D eigenvalue weighted by Crippen LogP contribution is 2.36. The van der Waals surface area contributed by atoms with Crippen LogP contribution in [0.4, 0.5) is 0 Å². The molecule has 0 N–H and O–H groups in total. The molecule has 4 aromatic rings. The number of fused-ring (bicyclic) bond motifs is 3. The van der Waals surface area contributed by atoms with Crippen LogP contribution in [0.1, 0.15) is 25.3 Å². The standard InChI is InChI=1S/C18H15NO2/c1-11(2)13-9-14-12-5-3-4-6-16(12)21-17(14)10-15(13)18-19-7-8-20-18/h3-11H,1-2H3. The first-order valence-corrected chi connectivity index (χ1v) is 7.09. The largest absolute Gasteiger partial charge is 0.456 e. The highest BCUT2D eigenvalue weighted by molar-refractivity contribution is 6.06. The lowest BCUT2D eigenvalue weighted by Crippen LogP contribution is -1.92. The number of rotatable bonds is 2. The highest BCUT2D eigenvalue weighted by atomic mass is 16.3. The van der Waals surface area contributed by atoms with Gasteiger partial charge in [-0.1, -0.05) is 32.0 Å². The number of oxazole rings is 1. The first-order chi connectivity index (χ1) is 10.2. The summed E-state index contributed by atoms with van der Waals surface area (Å²) in [5, 5.41) is 2.29. The quantitative estimate of drug-likeness (QED) is 0.495. The summed E-state index contributed by atoms with van der Waals surface area (Å²) in [6, 6.07) is 12.4. The summed E-state index contributed by atoms with van der Waals surface area (Å²) in [7, 11) is 0. The van der Waals surface area contributed by atoms with E-state index in [0.717, 1.165) is 27.5 Å². The van der Waals surface area contributed by atoms with Gasteiger partial charge < -0.3 is 8.83 Å². The normalized spacial score (nSPS) is 11.8. The second-order valence-electron chi connectivity index (χ2n) is 5.53. The van der Waals surface area contributed by atoms with Crippen LogP contribution in [0, 0.1) is 0 Å². The molecule has 0 saturated heterocycles. The van der Waals surface area contributed by atoms with E-state index in [-0.39, 0.29) is 0 Å². The maximum Gasteiger partial charge on any atom is 0.226 e. The van der Waals surface area contributed by atoms with Gasteiger partial charge in [0.05, 0.1) is 6.20 Å². The fourth-order valence-electron chi connectivity index (χ4n) is 2.81. The molecule has 2 aromatic heterocycles. The Morgan fingerprint density at radius 3 is 2.62 bits per heavy atom. The molecular formula is C18H15NO2. The van der Waals surface area contributed by atoms with Gasteiger partial charge in [-0.15, -0.1) is 0 Å². The molecule has 0 amide bonds. The molecule has 3 nitrogen and oxygen atoms in total. The monoisotopic (exact) mass is 277 g/mol. The number of furan rings is 1. The molecule has 0 aliphatic carbocycles. The Balaban J connectivity index is 2.10. The molecule has 0 atom stereocenters. The molecule has 21 heavy (non-hydrogen) atoms. The van der Waals surface area contributed by atoms with E-state index in [1.807, 2.05) is 24.3 Å². The highest BCUT2D eigenvalue weighted by Gasteiger charge is 2.16. The van der Waals surface area contributed by atoms with Crippen molar-refractivity contribution in [3.8, 4) is 11.5 Å². The third-order valence-electron chi connectivity index (χ3n) is 3.83. The van der Waals surface area contributed by atoms with Gasteiger partial charge in [-0.2, -0.15) is 0 Å². The zero-order valence-electron chi connectivity index (χ0n) is 12.0. The summed E-state index contributed by atoms with van der Waals surface area (Å²) < 4.78 is 11.4. The SMILES string of the molecule is CC(C)c1cc2c(cc1-c1ncco1)oc1ccccc12. The van der Waals surface area contributed by atoms with E-state index >= 15 is 0 Å². The van der Waals surface area contributed by atoms with E-state index in [0.29, 0.717) is 11.8 Å². The summed E-state index contributed by atoms with van der Waals surface area (Å²) in [6.45, 7) is 4.35. The molecule has 0 radical (unpaired) electrons. The van der Waals surface area contributed by atoms with Crippen LogP contribution in [0.25, 0.3) is 33.4 Å². The van der Waals surface area contributed by atoms with E-state index in [2.05, 4.69) is 31.0 Å². The van der Waals surface area contributed by atoms with Crippen LogP contribution >= 0.6 is 0 Å². The van der Waals surface area contributed by atoms with E-state index in [1.54, 1.807) is 12.5 Å². The van der Waals surface area contributed by atoms with Crippen molar-refractivity contribution >= 4 is 21.9 Å². The maximum absolute atomic E-state index is 5.96. The lowest BCUT2D eigenvalue weighted by molar-refractivity contribution is 0.573. The molecule has 2 aromatic carbocycles. The molecule has 2 heterocycles. The zero-order valence-corrected chi connectivity index (χ0v) is 12.0. The van der Waals surface area contributed by atoms with Crippen molar-refractivity contribution in [2.45, 2.75) is 19.8 Å². The average Bonchev–Trinajstić information content (AvgIpc) is 3.13. The van der Waals surface area contributed by atoms with Crippen molar-refractivity contribution in [1.82, 2.24) is 4.98 Å². The summed E-state index contributed by atoms with van der Waals surface area (Å²) in [5.74, 6) is 1.02. The predicted molar refractivity (Wildman–Crippen MR) is 83.3 cm³/mol. The van der Waals surface area contributed by atoms with Gasteiger partial charge in [0.25, 0.3) is 0 Å². The van der Waals surface area contributed by atoms with E-state index in [4.69, 9.17) is 8.83 Å². The van der Waals surface area contributed by atoms with Crippen LogP contribution in [0.2, 0.25) is 0 Å². The van der Waals surface area contributed by atoms with Crippen molar-refractivity contribution in [2.24, 2.45) is 0 Å². The van der Waals surface area contributed by atoms with Crippen LogP contribution in [0.3, 0.4) is 0 Å². The van der Waals surface area contributed by atoms with Gasteiger partial charge in [0.15, 0.2) is 0 Å². The Labute approximate surface area is 122 Å². The topological polar surface area (TPSA) is 39.2 Å². The Bertz CT molecular complexity index is 917. The second kappa shape index (κ2) is 4.48. The third kappa shape index (κ3) is 1.85. The summed E-state index contributed by atoms with van der Waals surface area (Å²) >= 11 is 0. The van der Waals surface area contributed by atoms with Gasteiger partial charge in [0, 0.05) is 16.3 Å². The zero-order chi connectivity index (χ0) is 14.4. The number of nitrogens with zero attached hydrogens (tertiary/aromatic N) is 1. The molecule has 0 spiro atoms. The number of benzene rings is 2.